The van der Waals surface area contributed by atoms with Crippen LogP contribution in [0.1, 0.15) is 0 Å². The van der Waals surface area contributed by atoms with Gasteiger partial charge in [0.25, 0.3) is 10.0 Å². The molecule has 0 saturated heterocycles. The molecule has 0 saturated carbocycles. The summed E-state index contributed by atoms with van der Waals surface area (Å²) >= 11 is 0. The fourth-order valence-electron chi connectivity index (χ4n) is 1.26. The number of nitrogens with zero attached hydrogens (tertiary/aromatic N) is 2. The highest BCUT2D eigenvalue weighted by atomic mass is 32.2. The number of ether oxygens (including phenoxy) is 1. The van der Waals surface area contributed by atoms with Crippen LogP contribution in [0.3, 0.4) is 0 Å². The summed E-state index contributed by atoms with van der Waals surface area (Å²) in [5, 5.41) is 0. The molecular formula is C10H10N2O3S. The molecule has 0 spiro atoms. The molecule has 0 amide bonds. The van der Waals surface area contributed by atoms with Crippen LogP contribution in [0.2, 0.25) is 0 Å². The predicted octanol–water partition coefficient (Wildman–Crippen LogP) is 1.13. The quantitative estimate of drug-likeness (QED) is 0.804. The second kappa shape index (κ2) is 3.97. The van der Waals surface area contributed by atoms with Gasteiger partial charge in [-0.1, -0.05) is 0 Å². The molecule has 0 radical (unpaired) electrons. The average molecular weight is 238 g/mol. The van der Waals surface area contributed by atoms with Crippen molar-refractivity contribution in [3.05, 3.63) is 43.0 Å². The van der Waals surface area contributed by atoms with Crippen molar-refractivity contribution in [1.82, 2.24) is 8.96 Å². The van der Waals surface area contributed by atoms with E-state index in [4.69, 9.17) is 4.74 Å². The summed E-state index contributed by atoms with van der Waals surface area (Å²) in [6.45, 7) is 0. The number of benzene rings is 1. The van der Waals surface area contributed by atoms with Crippen molar-refractivity contribution in [3.63, 3.8) is 0 Å². The average Bonchev–Trinajstić information content (AvgIpc) is 2.83. The van der Waals surface area contributed by atoms with Crippen molar-refractivity contribution < 1.29 is 13.2 Å². The molecular weight excluding hydrogens is 228 g/mol. The highest BCUT2D eigenvalue weighted by molar-refractivity contribution is 7.90. The van der Waals surface area contributed by atoms with Gasteiger partial charge < -0.3 is 4.74 Å². The Morgan fingerprint density at radius 2 is 1.94 bits per heavy atom. The summed E-state index contributed by atoms with van der Waals surface area (Å²) in [5.74, 6) is 0.615. The number of hydrogen-bond acceptors (Lipinski definition) is 4. The van der Waals surface area contributed by atoms with Crippen molar-refractivity contribution in [2.45, 2.75) is 4.90 Å². The van der Waals surface area contributed by atoms with Gasteiger partial charge in [-0.25, -0.2) is 17.4 Å². The summed E-state index contributed by atoms with van der Waals surface area (Å²) in [6.07, 6.45) is 4.06. The van der Waals surface area contributed by atoms with Crippen molar-refractivity contribution in [2.24, 2.45) is 0 Å². The molecule has 16 heavy (non-hydrogen) atoms. The van der Waals surface area contributed by atoms with Gasteiger partial charge in [-0.3, -0.25) is 0 Å². The van der Waals surface area contributed by atoms with Gasteiger partial charge in [0, 0.05) is 12.4 Å². The van der Waals surface area contributed by atoms with Crippen molar-refractivity contribution >= 4 is 10.0 Å². The van der Waals surface area contributed by atoms with E-state index in [1.54, 1.807) is 12.1 Å². The summed E-state index contributed by atoms with van der Waals surface area (Å²) < 4.78 is 30.0. The van der Waals surface area contributed by atoms with E-state index in [9.17, 15) is 8.42 Å². The molecule has 0 aliphatic heterocycles. The standard InChI is InChI=1S/C10H10N2O3S/c1-15-9-2-4-10(5-3-9)16(13,14)12-7-6-11-8-12/h2-8H,1H3. The van der Waals surface area contributed by atoms with Crippen molar-refractivity contribution in [2.75, 3.05) is 7.11 Å². The van der Waals surface area contributed by atoms with E-state index in [1.807, 2.05) is 0 Å². The summed E-state index contributed by atoms with van der Waals surface area (Å²) in [7, 11) is -1.99. The summed E-state index contributed by atoms with van der Waals surface area (Å²) in [4.78, 5) is 3.91. The maximum absolute atomic E-state index is 12.0. The molecule has 2 aromatic rings. The van der Waals surface area contributed by atoms with Gasteiger partial charge in [0.2, 0.25) is 0 Å². The predicted molar refractivity (Wildman–Crippen MR) is 57.8 cm³/mol. The molecule has 5 nitrogen and oxygen atoms in total. The molecule has 6 heteroatoms. The first kappa shape index (κ1) is 10.7. The Labute approximate surface area is 93.4 Å². The maximum Gasteiger partial charge on any atom is 0.268 e. The molecule has 84 valence electrons. The highest BCUT2D eigenvalue weighted by Crippen LogP contribution is 2.17. The van der Waals surface area contributed by atoms with Crippen LogP contribution in [-0.2, 0) is 10.0 Å². The van der Waals surface area contributed by atoms with E-state index >= 15 is 0 Å². The lowest BCUT2D eigenvalue weighted by atomic mass is 10.3. The molecule has 0 aliphatic rings. The number of methoxy groups -OCH3 is 1. The first-order valence-corrected chi connectivity index (χ1v) is 5.96. The summed E-state index contributed by atoms with van der Waals surface area (Å²) in [6, 6.07) is 6.19. The van der Waals surface area contributed by atoms with Gasteiger partial charge in [-0.05, 0) is 24.3 Å². The molecule has 0 aliphatic carbocycles. The van der Waals surface area contributed by atoms with Gasteiger partial charge in [0.15, 0.2) is 0 Å². The van der Waals surface area contributed by atoms with Crippen molar-refractivity contribution in [1.29, 1.82) is 0 Å². The zero-order chi connectivity index (χ0) is 11.6. The van der Waals surface area contributed by atoms with Gasteiger partial charge >= 0.3 is 0 Å². The van der Waals surface area contributed by atoms with Crippen LogP contribution in [0.4, 0.5) is 0 Å². The minimum absolute atomic E-state index is 0.200. The van der Waals surface area contributed by atoms with Gasteiger partial charge in [-0.15, -0.1) is 0 Å². The van der Waals surface area contributed by atoms with Crippen LogP contribution < -0.4 is 4.74 Å². The Morgan fingerprint density at radius 1 is 1.25 bits per heavy atom. The van der Waals surface area contributed by atoms with Crippen LogP contribution in [0.5, 0.6) is 5.75 Å². The molecule has 1 aromatic heterocycles. The Bertz CT molecular complexity index is 559. The molecule has 1 aromatic carbocycles. The summed E-state index contributed by atoms with van der Waals surface area (Å²) in [5.41, 5.74) is 0. The highest BCUT2D eigenvalue weighted by Gasteiger charge is 2.15. The van der Waals surface area contributed by atoms with E-state index < -0.39 is 10.0 Å². The van der Waals surface area contributed by atoms with Gasteiger partial charge in [-0.2, -0.15) is 0 Å². The second-order valence-corrected chi connectivity index (χ2v) is 4.92. The molecule has 0 unspecified atom stereocenters. The molecule has 2 rings (SSSR count). The fraction of sp³-hybridized carbons (Fsp3) is 0.100. The number of imidazole rings is 1. The van der Waals surface area contributed by atoms with Crippen LogP contribution in [0.25, 0.3) is 0 Å². The topological polar surface area (TPSA) is 61.2 Å². The van der Waals surface area contributed by atoms with Crippen LogP contribution >= 0.6 is 0 Å². The third-order valence-corrected chi connectivity index (χ3v) is 3.75. The Balaban J connectivity index is 2.44. The third kappa shape index (κ3) is 1.79. The van der Waals surface area contributed by atoms with Crippen LogP contribution in [-0.4, -0.2) is 24.5 Å². The molecule has 0 N–H and O–H groups in total. The lowest BCUT2D eigenvalue weighted by Crippen LogP contribution is -2.10. The number of hydrogen-bond donors (Lipinski definition) is 0. The largest absolute Gasteiger partial charge is 0.497 e. The van der Waals surface area contributed by atoms with Gasteiger partial charge in [0.05, 0.1) is 12.0 Å². The van der Waals surface area contributed by atoms with E-state index in [2.05, 4.69) is 4.98 Å². The van der Waals surface area contributed by atoms with Crippen LogP contribution in [0.15, 0.2) is 47.9 Å². The van der Waals surface area contributed by atoms with E-state index in [0.29, 0.717) is 5.75 Å². The third-order valence-electron chi connectivity index (χ3n) is 2.11. The maximum atomic E-state index is 12.0. The second-order valence-electron chi connectivity index (χ2n) is 3.07. The lowest BCUT2D eigenvalue weighted by molar-refractivity contribution is 0.414. The monoisotopic (exact) mass is 238 g/mol. The lowest BCUT2D eigenvalue weighted by Gasteiger charge is -2.05. The minimum atomic E-state index is -3.52. The van der Waals surface area contributed by atoms with Crippen molar-refractivity contribution in [3.8, 4) is 5.75 Å². The first-order valence-electron chi connectivity index (χ1n) is 4.52. The Hall–Kier alpha value is -1.82. The van der Waals surface area contributed by atoms with Crippen LogP contribution in [0, 0.1) is 0 Å². The number of rotatable bonds is 3. The molecule has 0 fully saturated rings. The SMILES string of the molecule is COc1ccc(S(=O)(=O)n2ccnc2)cc1. The van der Waals surface area contributed by atoms with E-state index in [0.717, 1.165) is 3.97 Å². The zero-order valence-corrected chi connectivity index (χ0v) is 9.39. The normalized spacial score (nSPS) is 11.3. The van der Waals surface area contributed by atoms with E-state index in [-0.39, 0.29) is 4.90 Å². The Kier molecular flexibility index (Phi) is 2.66. The molecule has 0 atom stereocenters. The Morgan fingerprint density at radius 3 is 2.44 bits per heavy atom. The molecule has 1 heterocycles. The fourth-order valence-corrected chi connectivity index (χ4v) is 2.38. The smallest absolute Gasteiger partial charge is 0.268 e. The van der Waals surface area contributed by atoms with Gasteiger partial charge in [0.1, 0.15) is 12.1 Å². The first-order chi connectivity index (χ1) is 7.64. The van der Waals surface area contributed by atoms with E-state index in [1.165, 1.54) is 38.0 Å². The number of aromatic nitrogens is 2. The zero-order valence-electron chi connectivity index (χ0n) is 8.57. The minimum Gasteiger partial charge on any atom is -0.497 e. The molecule has 0 bridgehead atoms.